The molecule has 0 amide bonds. The van der Waals surface area contributed by atoms with Crippen LogP contribution in [-0.2, 0) is 14.2 Å². The third kappa shape index (κ3) is 6.67. The Hall–Kier alpha value is -2.53. The molecule has 2 aromatic carbocycles. The van der Waals surface area contributed by atoms with Gasteiger partial charge in [0.1, 0.15) is 6.10 Å². The number of nitrogens with one attached hydrogen (secondary N) is 3. The van der Waals surface area contributed by atoms with Crippen LogP contribution in [0.3, 0.4) is 0 Å². The van der Waals surface area contributed by atoms with Gasteiger partial charge in [-0.2, -0.15) is 0 Å². The molecular formula is C27H33ClN4O4S. The summed E-state index contributed by atoms with van der Waals surface area (Å²) in [5.41, 5.74) is 5.67. The van der Waals surface area contributed by atoms with Crippen LogP contribution in [0.2, 0.25) is 5.02 Å². The summed E-state index contributed by atoms with van der Waals surface area (Å²) in [6.45, 7) is 6.23. The molecular weight excluding hydrogens is 512 g/mol. The molecule has 3 unspecified atom stereocenters. The van der Waals surface area contributed by atoms with Crippen LogP contribution in [0.5, 0.6) is 0 Å². The van der Waals surface area contributed by atoms with Crippen LogP contribution in [0.25, 0.3) is 22.4 Å². The third-order valence-electron chi connectivity index (χ3n) is 5.92. The summed E-state index contributed by atoms with van der Waals surface area (Å²) in [5.74, 6) is 0.651. The molecule has 4 N–H and O–H groups in total. The van der Waals surface area contributed by atoms with E-state index in [4.69, 9.17) is 30.8 Å². The molecule has 0 radical (unpaired) electrons. The van der Waals surface area contributed by atoms with Crippen molar-refractivity contribution in [2.75, 3.05) is 34.8 Å². The molecule has 37 heavy (non-hydrogen) atoms. The van der Waals surface area contributed by atoms with Crippen molar-refractivity contribution in [1.29, 1.82) is 0 Å². The molecule has 2 aliphatic heterocycles. The number of hydrogen-bond donors (Lipinski definition) is 4. The van der Waals surface area contributed by atoms with Crippen molar-refractivity contribution in [2.24, 2.45) is 0 Å². The predicted octanol–water partition coefficient (Wildman–Crippen LogP) is 6.05. The van der Waals surface area contributed by atoms with Gasteiger partial charge < -0.3 is 34.7 Å². The van der Waals surface area contributed by atoms with Crippen LogP contribution in [0.15, 0.2) is 54.6 Å². The second kappa shape index (κ2) is 12.8. The standard InChI is InChI=1S/C25H27ClN4O4S.C2H6/c1-14-21(12-33-22(31)13-32-14)34-25-27-20-11-19(26)23(28-24(20)29-25)17-5-3-15(4-6-17)16-7-9-18(10-8-16)30-35-2;1-2/h3-11,14,21-22,25,27,30-31H,12-13H2,1-2H3,(H,28,29);1-2H3/t14-,21?,22?,25?;/m0./s1. The maximum Gasteiger partial charge on any atom is 0.207 e. The highest BCUT2D eigenvalue weighted by Crippen LogP contribution is 2.37. The lowest BCUT2D eigenvalue weighted by atomic mass is 10.0. The highest BCUT2D eigenvalue weighted by atomic mass is 35.5. The van der Waals surface area contributed by atoms with Gasteiger partial charge in [0.2, 0.25) is 6.35 Å². The number of aliphatic hydroxyl groups is 1. The molecule has 198 valence electrons. The van der Waals surface area contributed by atoms with Crippen molar-refractivity contribution in [3.63, 3.8) is 0 Å². The molecule has 0 saturated carbocycles. The zero-order valence-corrected chi connectivity index (χ0v) is 22.9. The highest BCUT2D eigenvalue weighted by molar-refractivity contribution is 7.99. The Morgan fingerprint density at radius 2 is 1.65 bits per heavy atom. The number of ether oxygens (including phenoxy) is 3. The van der Waals surface area contributed by atoms with Crippen molar-refractivity contribution in [1.82, 2.24) is 4.98 Å². The van der Waals surface area contributed by atoms with Crippen LogP contribution in [0.1, 0.15) is 20.8 Å². The summed E-state index contributed by atoms with van der Waals surface area (Å²) in [5, 5.41) is 16.7. The Morgan fingerprint density at radius 1 is 1.00 bits per heavy atom. The van der Waals surface area contributed by atoms with Crippen molar-refractivity contribution >= 4 is 40.7 Å². The van der Waals surface area contributed by atoms with Gasteiger partial charge in [-0.15, -0.1) is 0 Å². The first kappa shape index (κ1) is 27.5. The van der Waals surface area contributed by atoms with Gasteiger partial charge in [0.15, 0.2) is 12.1 Å². The van der Waals surface area contributed by atoms with Gasteiger partial charge in [0.05, 0.1) is 35.7 Å². The Balaban J connectivity index is 0.00000156. The summed E-state index contributed by atoms with van der Waals surface area (Å²) in [4.78, 5) is 4.75. The maximum absolute atomic E-state index is 9.65. The van der Waals surface area contributed by atoms with Gasteiger partial charge in [-0.25, -0.2) is 4.98 Å². The monoisotopic (exact) mass is 544 g/mol. The quantitative estimate of drug-likeness (QED) is 0.277. The summed E-state index contributed by atoms with van der Waals surface area (Å²) in [7, 11) is 0. The van der Waals surface area contributed by atoms with Gasteiger partial charge in [-0.1, -0.05) is 73.8 Å². The second-order valence-electron chi connectivity index (χ2n) is 8.35. The number of benzene rings is 2. The normalized spacial score (nSPS) is 22.5. The first-order valence-electron chi connectivity index (χ1n) is 12.3. The van der Waals surface area contributed by atoms with E-state index in [1.165, 1.54) is 0 Å². The molecule has 0 bridgehead atoms. The molecule has 10 heteroatoms. The van der Waals surface area contributed by atoms with Gasteiger partial charge in [0.25, 0.3) is 0 Å². The Labute approximate surface area is 227 Å². The van der Waals surface area contributed by atoms with E-state index in [0.717, 1.165) is 28.1 Å². The van der Waals surface area contributed by atoms with Crippen molar-refractivity contribution in [2.45, 2.75) is 45.6 Å². The van der Waals surface area contributed by atoms with E-state index >= 15 is 0 Å². The topological polar surface area (TPSA) is 96.9 Å². The van der Waals surface area contributed by atoms with Gasteiger partial charge in [-0.3, -0.25) is 0 Å². The van der Waals surface area contributed by atoms with Gasteiger partial charge in [-0.05, 0) is 36.2 Å². The van der Waals surface area contributed by atoms with Crippen molar-refractivity contribution in [3.8, 4) is 22.4 Å². The molecule has 3 aromatic rings. The number of fused-ring (bicyclic) bond motifs is 1. The van der Waals surface area contributed by atoms with E-state index in [9.17, 15) is 5.11 Å². The van der Waals surface area contributed by atoms with Crippen LogP contribution < -0.4 is 15.4 Å². The number of anilines is 3. The minimum atomic E-state index is -0.946. The first-order valence-corrected chi connectivity index (χ1v) is 13.9. The highest BCUT2D eigenvalue weighted by Gasteiger charge is 2.31. The van der Waals surface area contributed by atoms with Crippen molar-refractivity contribution < 1.29 is 19.3 Å². The molecule has 0 aliphatic carbocycles. The lowest BCUT2D eigenvalue weighted by Gasteiger charge is -2.24. The van der Waals surface area contributed by atoms with Crippen LogP contribution in [0.4, 0.5) is 17.2 Å². The fourth-order valence-corrected chi connectivity index (χ4v) is 4.64. The molecule has 1 saturated heterocycles. The predicted molar refractivity (Wildman–Crippen MR) is 152 cm³/mol. The molecule has 3 heterocycles. The van der Waals surface area contributed by atoms with E-state index in [2.05, 4.69) is 51.8 Å². The molecule has 5 rings (SSSR count). The number of aromatic nitrogens is 1. The first-order chi connectivity index (χ1) is 18.0. The molecule has 4 atom stereocenters. The maximum atomic E-state index is 9.65. The summed E-state index contributed by atoms with van der Waals surface area (Å²) in [6, 6.07) is 18.3. The number of rotatable bonds is 6. The average molecular weight is 545 g/mol. The van der Waals surface area contributed by atoms with Crippen LogP contribution in [-0.4, -0.2) is 54.4 Å². The molecule has 2 aliphatic rings. The number of hydrogen-bond acceptors (Lipinski definition) is 9. The SMILES string of the molecule is CC.CSNc1ccc(-c2ccc(-c3nc4c(cc3Cl)NC(OC3COC(O)CO[C@H]3C)N4)cc2)cc1. The largest absolute Gasteiger partial charge is 0.370 e. The van der Waals surface area contributed by atoms with E-state index in [0.29, 0.717) is 16.5 Å². The van der Waals surface area contributed by atoms with E-state index in [1.807, 2.05) is 45.2 Å². The van der Waals surface area contributed by atoms with E-state index in [-0.39, 0.29) is 25.4 Å². The summed E-state index contributed by atoms with van der Waals surface area (Å²) >= 11 is 8.17. The molecule has 1 fully saturated rings. The fraction of sp³-hybridized carbons (Fsp3) is 0.370. The van der Waals surface area contributed by atoms with Crippen LogP contribution >= 0.6 is 23.5 Å². The van der Waals surface area contributed by atoms with E-state index in [1.54, 1.807) is 11.9 Å². The number of aliphatic hydroxyl groups excluding tert-OH is 1. The zero-order chi connectivity index (χ0) is 26.4. The number of nitrogens with zero attached hydrogens (tertiary/aromatic N) is 1. The van der Waals surface area contributed by atoms with Crippen LogP contribution in [0, 0.1) is 0 Å². The summed E-state index contributed by atoms with van der Waals surface area (Å²) in [6.07, 6.45) is -0.0660. The minimum absolute atomic E-state index is 0.118. The van der Waals surface area contributed by atoms with E-state index < -0.39 is 12.6 Å². The molecule has 8 nitrogen and oxygen atoms in total. The van der Waals surface area contributed by atoms with Gasteiger partial charge >= 0.3 is 0 Å². The Bertz CT molecular complexity index is 1170. The van der Waals surface area contributed by atoms with Crippen molar-refractivity contribution in [3.05, 3.63) is 59.6 Å². The number of pyridine rings is 1. The smallest absolute Gasteiger partial charge is 0.207 e. The molecule has 1 aromatic heterocycles. The third-order valence-corrected chi connectivity index (χ3v) is 6.64. The Kier molecular flexibility index (Phi) is 9.53. The second-order valence-corrected chi connectivity index (χ2v) is 9.37. The lowest BCUT2D eigenvalue weighted by molar-refractivity contribution is -0.125. The molecule has 0 spiro atoms. The zero-order valence-electron chi connectivity index (χ0n) is 21.3. The Morgan fingerprint density at radius 3 is 2.32 bits per heavy atom. The summed E-state index contributed by atoms with van der Waals surface area (Å²) < 4.78 is 20.2. The lowest BCUT2D eigenvalue weighted by Crippen LogP contribution is -2.39. The minimum Gasteiger partial charge on any atom is -0.370 e. The van der Waals surface area contributed by atoms with Gasteiger partial charge in [0, 0.05) is 17.5 Å². The fourth-order valence-electron chi connectivity index (χ4n) is 4.01. The average Bonchev–Trinajstić information content (AvgIpc) is 3.24. The number of halogens is 1.